The number of rotatable bonds is 6. The topological polar surface area (TPSA) is 60.9 Å². The highest BCUT2D eigenvalue weighted by Gasteiger charge is 2.21. The summed E-state index contributed by atoms with van der Waals surface area (Å²) in [4.78, 5) is 13.2. The molecule has 3 rings (SSSR count). The van der Waals surface area contributed by atoms with Crippen molar-refractivity contribution in [3.63, 3.8) is 0 Å². The average molecular weight is 332 g/mol. The molecule has 0 saturated heterocycles. The van der Waals surface area contributed by atoms with E-state index in [1.54, 1.807) is 0 Å². The second kappa shape index (κ2) is 7.31. The lowest BCUT2D eigenvalue weighted by Gasteiger charge is -2.27. The lowest BCUT2D eigenvalue weighted by molar-refractivity contribution is 0.243. The number of aryl methyl sites for hydroxylation is 1. The molecule has 124 valence electrons. The van der Waals surface area contributed by atoms with Crippen LogP contribution in [0.25, 0.3) is 0 Å². The van der Waals surface area contributed by atoms with Gasteiger partial charge >= 0.3 is 0 Å². The molecular formula is C16H24N6S. The first-order valence-corrected chi connectivity index (χ1v) is 9.31. The lowest BCUT2D eigenvalue weighted by Crippen LogP contribution is -2.30. The Hall–Kier alpha value is -1.60. The van der Waals surface area contributed by atoms with Gasteiger partial charge in [-0.1, -0.05) is 0 Å². The number of H-pyrrole nitrogens is 1. The van der Waals surface area contributed by atoms with Crippen LogP contribution in [0.2, 0.25) is 0 Å². The molecule has 0 aromatic carbocycles. The maximum Gasteiger partial charge on any atom is 0.224 e. The molecule has 7 heteroatoms. The normalized spacial score (nSPS) is 14.7. The fourth-order valence-corrected chi connectivity index (χ4v) is 3.27. The molecule has 6 nitrogen and oxygen atoms in total. The minimum atomic E-state index is 0.754. The first-order valence-electron chi connectivity index (χ1n) is 7.92. The molecule has 0 aliphatic carbocycles. The molecule has 2 aromatic rings. The average Bonchev–Trinajstić information content (AvgIpc) is 2.96. The molecule has 23 heavy (non-hydrogen) atoms. The Bertz CT molecular complexity index is 637. The van der Waals surface area contributed by atoms with Gasteiger partial charge in [0.2, 0.25) is 5.95 Å². The van der Waals surface area contributed by atoms with Gasteiger partial charge in [-0.2, -0.15) is 16.9 Å². The Balaban J connectivity index is 1.65. The third-order valence-corrected chi connectivity index (χ3v) is 4.75. The molecule has 0 fully saturated rings. The van der Waals surface area contributed by atoms with Crippen LogP contribution in [0, 0.1) is 0 Å². The number of aromatic nitrogens is 4. The van der Waals surface area contributed by atoms with Crippen LogP contribution in [0.4, 0.5) is 5.95 Å². The van der Waals surface area contributed by atoms with Crippen LogP contribution in [0.3, 0.4) is 0 Å². The van der Waals surface area contributed by atoms with E-state index in [1.165, 1.54) is 17.0 Å². The molecule has 0 unspecified atom stereocenters. The van der Waals surface area contributed by atoms with E-state index in [0.29, 0.717) is 0 Å². The van der Waals surface area contributed by atoms with Crippen LogP contribution < -0.4 is 4.90 Å². The van der Waals surface area contributed by atoms with E-state index < -0.39 is 0 Å². The minimum Gasteiger partial charge on any atom is -0.347 e. The van der Waals surface area contributed by atoms with Crippen molar-refractivity contribution < 1.29 is 0 Å². The van der Waals surface area contributed by atoms with Crippen molar-refractivity contribution in [3.8, 4) is 0 Å². The van der Waals surface area contributed by atoms with Crippen molar-refractivity contribution >= 4 is 17.7 Å². The molecule has 1 aliphatic heterocycles. The van der Waals surface area contributed by atoms with E-state index >= 15 is 0 Å². The van der Waals surface area contributed by atoms with E-state index in [9.17, 15) is 0 Å². The third-order valence-electron chi connectivity index (χ3n) is 4.14. The van der Waals surface area contributed by atoms with Crippen molar-refractivity contribution in [3.05, 3.63) is 34.9 Å². The maximum atomic E-state index is 4.51. The van der Waals surface area contributed by atoms with Gasteiger partial charge in [-0.05, 0) is 12.0 Å². The zero-order chi connectivity index (χ0) is 16.2. The zero-order valence-electron chi connectivity index (χ0n) is 14.0. The van der Waals surface area contributed by atoms with E-state index in [4.69, 9.17) is 0 Å². The number of hydrogen-bond acceptors (Lipinski definition) is 6. The largest absolute Gasteiger partial charge is 0.347 e. The SMILES string of the molecule is CSCCc1n[nH]c2c1CN(Cc1cnc(N(C)C)nc1)CC2. The summed E-state index contributed by atoms with van der Waals surface area (Å²) >= 11 is 1.87. The van der Waals surface area contributed by atoms with Crippen molar-refractivity contribution in [1.29, 1.82) is 0 Å². The summed E-state index contributed by atoms with van der Waals surface area (Å²) in [6.07, 6.45) is 8.09. The Morgan fingerprint density at radius 3 is 2.78 bits per heavy atom. The summed E-state index contributed by atoms with van der Waals surface area (Å²) in [5, 5.41) is 7.74. The Morgan fingerprint density at radius 2 is 2.09 bits per heavy atom. The Morgan fingerprint density at radius 1 is 1.30 bits per heavy atom. The van der Waals surface area contributed by atoms with Crippen molar-refractivity contribution in [1.82, 2.24) is 25.1 Å². The van der Waals surface area contributed by atoms with Gasteiger partial charge in [0.1, 0.15) is 0 Å². The van der Waals surface area contributed by atoms with Gasteiger partial charge in [-0.3, -0.25) is 10.00 Å². The Labute approximate surface area is 141 Å². The fraction of sp³-hybridized carbons (Fsp3) is 0.562. The number of anilines is 1. The number of thioether (sulfide) groups is 1. The standard InChI is InChI=1S/C16H24N6S/c1-21(2)16-17-8-12(9-18-16)10-22-6-4-14-13(11-22)15(20-19-14)5-7-23-3/h8-9H,4-7,10-11H2,1-3H3,(H,19,20). The molecule has 2 aromatic heterocycles. The summed E-state index contributed by atoms with van der Waals surface area (Å²) in [6.45, 7) is 2.90. The van der Waals surface area contributed by atoms with Gasteiger partial charge in [0.25, 0.3) is 0 Å². The van der Waals surface area contributed by atoms with E-state index in [-0.39, 0.29) is 0 Å². The monoisotopic (exact) mass is 332 g/mol. The minimum absolute atomic E-state index is 0.754. The predicted octanol–water partition coefficient (Wildman–Crippen LogP) is 1.73. The third kappa shape index (κ3) is 3.84. The summed E-state index contributed by atoms with van der Waals surface area (Å²) in [5.74, 6) is 1.88. The van der Waals surface area contributed by atoms with E-state index in [1.807, 2.05) is 43.2 Å². The van der Waals surface area contributed by atoms with Gasteiger partial charge in [0, 0.05) is 75.8 Å². The van der Waals surface area contributed by atoms with E-state index in [2.05, 4.69) is 31.3 Å². The van der Waals surface area contributed by atoms with Gasteiger partial charge in [-0.15, -0.1) is 0 Å². The zero-order valence-corrected chi connectivity index (χ0v) is 14.9. The first-order chi connectivity index (χ1) is 11.2. The summed E-state index contributed by atoms with van der Waals surface area (Å²) in [7, 11) is 3.91. The van der Waals surface area contributed by atoms with Gasteiger partial charge in [0.05, 0.1) is 5.69 Å². The highest BCUT2D eigenvalue weighted by molar-refractivity contribution is 7.98. The van der Waals surface area contributed by atoms with Crippen LogP contribution >= 0.6 is 11.8 Å². The quantitative estimate of drug-likeness (QED) is 0.869. The summed E-state index contributed by atoms with van der Waals surface area (Å²) in [5.41, 5.74) is 5.11. The van der Waals surface area contributed by atoms with Gasteiger partial charge < -0.3 is 4.90 Å². The molecule has 1 N–H and O–H groups in total. The van der Waals surface area contributed by atoms with Crippen LogP contribution in [-0.2, 0) is 25.9 Å². The van der Waals surface area contributed by atoms with Crippen molar-refractivity contribution in [2.45, 2.75) is 25.9 Å². The highest BCUT2D eigenvalue weighted by Crippen LogP contribution is 2.22. The molecule has 0 bridgehead atoms. The molecular weight excluding hydrogens is 308 g/mol. The molecule has 0 spiro atoms. The number of fused-ring (bicyclic) bond motifs is 1. The van der Waals surface area contributed by atoms with Gasteiger partial charge in [-0.25, -0.2) is 9.97 Å². The number of nitrogens with zero attached hydrogens (tertiary/aromatic N) is 5. The molecule has 0 amide bonds. The van der Waals surface area contributed by atoms with Crippen LogP contribution in [0.5, 0.6) is 0 Å². The molecule has 1 aliphatic rings. The van der Waals surface area contributed by atoms with E-state index in [0.717, 1.165) is 49.7 Å². The van der Waals surface area contributed by atoms with Crippen LogP contribution in [0.1, 0.15) is 22.5 Å². The number of nitrogens with one attached hydrogen (secondary N) is 1. The first kappa shape index (κ1) is 16.3. The lowest BCUT2D eigenvalue weighted by atomic mass is 10.0. The second-order valence-electron chi connectivity index (χ2n) is 6.12. The predicted molar refractivity (Wildman–Crippen MR) is 94.9 cm³/mol. The number of hydrogen-bond donors (Lipinski definition) is 1. The summed E-state index contributed by atoms with van der Waals surface area (Å²) in [6, 6.07) is 0. The van der Waals surface area contributed by atoms with Gasteiger partial charge in [0.15, 0.2) is 0 Å². The fourth-order valence-electron chi connectivity index (χ4n) is 2.87. The number of aromatic amines is 1. The second-order valence-corrected chi connectivity index (χ2v) is 7.10. The molecule has 0 saturated carbocycles. The molecule has 3 heterocycles. The maximum absolute atomic E-state index is 4.51. The highest BCUT2D eigenvalue weighted by atomic mass is 32.2. The smallest absolute Gasteiger partial charge is 0.224 e. The van der Waals surface area contributed by atoms with Crippen LogP contribution in [-0.4, -0.2) is 57.7 Å². The molecule has 0 atom stereocenters. The van der Waals surface area contributed by atoms with Crippen LogP contribution in [0.15, 0.2) is 12.4 Å². The molecule has 0 radical (unpaired) electrons. The summed E-state index contributed by atoms with van der Waals surface area (Å²) < 4.78 is 0. The van der Waals surface area contributed by atoms with Crippen molar-refractivity contribution in [2.24, 2.45) is 0 Å². The van der Waals surface area contributed by atoms with Crippen molar-refractivity contribution in [2.75, 3.05) is 37.5 Å². The Kier molecular flexibility index (Phi) is 5.17.